The Bertz CT molecular complexity index is 771. The van der Waals surface area contributed by atoms with Crippen molar-refractivity contribution in [3.8, 4) is 11.5 Å². The van der Waals surface area contributed by atoms with Crippen LogP contribution in [0.25, 0.3) is 0 Å². The first kappa shape index (κ1) is 18.3. The molecule has 4 rings (SSSR count). The highest BCUT2D eigenvalue weighted by Gasteiger charge is 2.43. The summed E-state index contributed by atoms with van der Waals surface area (Å²) in [5.74, 6) is 1.47. The van der Waals surface area contributed by atoms with E-state index in [1.165, 1.54) is 0 Å². The van der Waals surface area contributed by atoms with Gasteiger partial charge in [-0.25, -0.2) is 0 Å². The van der Waals surface area contributed by atoms with Gasteiger partial charge < -0.3 is 24.6 Å². The first-order valence-electron chi connectivity index (χ1n) is 9.59. The number of rotatable bonds is 4. The lowest BCUT2D eigenvalue weighted by atomic mass is 9.81. The molecule has 0 radical (unpaired) electrons. The van der Waals surface area contributed by atoms with Crippen molar-refractivity contribution in [2.45, 2.75) is 37.1 Å². The molecule has 0 amide bonds. The predicted molar refractivity (Wildman–Crippen MR) is 103 cm³/mol. The zero-order chi connectivity index (χ0) is 18.9. The molecule has 0 bridgehead atoms. The third-order valence-corrected chi connectivity index (χ3v) is 5.85. The van der Waals surface area contributed by atoms with Crippen molar-refractivity contribution in [3.63, 3.8) is 0 Å². The average Bonchev–Trinajstić information content (AvgIpc) is 2.70. The van der Waals surface area contributed by atoms with Gasteiger partial charge in [-0.3, -0.25) is 0 Å². The molecular weight excluding hydrogens is 342 g/mol. The number of fused-ring (bicyclic) bond motifs is 1. The maximum absolute atomic E-state index is 10.6. The van der Waals surface area contributed by atoms with Gasteiger partial charge in [-0.2, -0.15) is 0 Å². The Labute approximate surface area is 160 Å². The highest BCUT2D eigenvalue weighted by Crippen LogP contribution is 2.45. The van der Waals surface area contributed by atoms with Gasteiger partial charge in [0, 0.05) is 37.7 Å². The molecule has 0 aliphatic carbocycles. The normalized spacial score (nSPS) is 22.7. The van der Waals surface area contributed by atoms with E-state index in [4.69, 9.17) is 9.47 Å². The van der Waals surface area contributed by atoms with Crippen LogP contribution < -0.4 is 9.47 Å². The number of likely N-dealkylation sites (tertiary alicyclic amines) is 1. The van der Waals surface area contributed by atoms with Gasteiger partial charge in [0.25, 0.3) is 0 Å². The molecule has 0 unspecified atom stereocenters. The predicted octanol–water partition coefficient (Wildman–Crippen LogP) is 3.08. The fourth-order valence-electron chi connectivity index (χ4n) is 4.22. The lowest BCUT2D eigenvalue weighted by molar-refractivity contribution is -0.0588. The number of hydrogen-bond donors (Lipinski definition) is 2. The maximum Gasteiger partial charge on any atom is 0.129 e. The van der Waals surface area contributed by atoms with Gasteiger partial charge in [0.05, 0.1) is 19.3 Å². The second-order valence-electron chi connectivity index (χ2n) is 7.64. The van der Waals surface area contributed by atoms with Gasteiger partial charge in [0.1, 0.15) is 17.1 Å². The number of nitrogens with zero attached hydrogens (tertiary/aromatic N) is 1. The zero-order valence-corrected chi connectivity index (χ0v) is 15.7. The summed E-state index contributed by atoms with van der Waals surface area (Å²) in [4.78, 5) is 2.28. The summed E-state index contributed by atoms with van der Waals surface area (Å²) < 4.78 is 11.7. The summed E-state index contributed by atoms with van der Waals surface area (Å²) in [6.45, 7) is 2.30. The highest BCUT2D eigenvalue weighted by molar-refractivity contribution is 5.44. The van der Waals surface area contributed by atoms with Crippen LogP contribution in [0.3, 0.4) is 0 Å². The topological polar surface area (TPSA) is 62.2 Å². The van der Waals surface area contributed by atoms with Crippen LogP contribution in [-0.4, -0.2) is 47.5 Å². The second kappa shape index (κ2) is 7.50. The van der Waals surface area contributed by atoms with Crippen molar-refractivity contribution in [2.24, 2.45) is 0 Å². The Hall–Kier alpha value is -2.08. The SMILES string of the molecule is COc1ccc2c(c1)OC1(CCN(C[C@H](O)c3ccccc3)CC1)C[C@@H]2O. The molecule has 5 heteroatoms. The van der Waals surface area contributed by atoms with Crippen LogP contribution >= 0.6 is 0 Å². The molecule has 1 saturated heterocycles. The van der Waals surface area contributed by atoms with Crippen molar-refractivity contribution >= 4 is 0 Å². The molecule has 5 nitrogen and oxygen atoms in total. The molecule has 2 atom stereocenters. The van der Waals surface area contributed by atoms with Gasteiger partial charge in [-0.15, -0.1) is 0 Å². The third kappa shape index (κ3) is 3.81. The number of aliphatic hydroxyl groups is 2. The molecule has 1 spiro atoms. The van der Waals surface area contributed by atoms with Crippen molar-refractivity contribution < 1.29 is 19.7 Å². The molecule has 2 aromatic carbocycles. The zero-order valence-electron chi connectivity index (χ0n) is 15.7. The maximum atomic E-state index is 10.6. The first-order valence-corrected chi connectivity index (χ1v) is 9.59. The fourth-order valence-corrected chi connectivity index (χ4v) is 4.22. The molecule has 2 heterocycles. The number of aliphatic hydroxyl groups excluding tert-OH is 2. The van der Waals surface area contributed by atoms with Crippen LogP contribution in [0.2, 0.25) is 0 Å². The average molecular weight is 369 g/mol. The van der Waals surface area contributed by atoms with Crippen molar-refractivity contribution in [1.82, 2.24) is 4.90 Å². The van der Waals surface area contributed by atoms with E-state index < -0.39 is 12.2 Å². The highest BCUT2D eigenvalue weighted by atomic mass is 16.5. The molecule has 27 heavy (non-hydrogen) atoms. The Morgan fingerprint density at radius 3 is 2.63 bits per heavy atom. The van der Waals surface area contributed by atoms with Crippen LogP contribution in [0.15, 0.2) is 48.5 Å². The van der Waals surface area contributed by atoms with Crippen LogP contribution in [0.5, 0.6) is 11.5 Å². The van der Waals surface area contributed by atoms with Gasteiger partial charge in [-0.1, -0.05) is 30.3 Å². The lowest BCUT2D eigenvalue weighted by Gasteiger charge is -2.46. The van der Waals surface area contributed by atoms with Crippen molar-refractivity contribution in [2.75, 3.05) is 26.7 Å². The Kier molecular flexibility index (Phi) is 5.08. The number of β-amino-alcohol motifs (C(OH)–C–C–N with tert-alkyl or cyclic N) is 1. The summed E-state index contributed by atoms with van der Waals surface area (Å²) in [5.41, 5.74) is 1.44. The number of ether oxygens (including phenoxy) is 2. The Morgan fingerprint density at radius 2 is 1.93 bits per heavy atom. The molecule has 2 N–H and O–H groups in total. The van der Waals surface area contributed by atoms with E-state index in [-0.39, 0.29) is 5.60 Å². The van der Waals surface area contributed by atoms with Crippen molar-refractivity contribution in [3.05, 3.63) is 59.7 Å². The van der Waals surface area contributed by atoms with E-state index in [1.54, 1.807) is 7.11 Å². The van der Waals surface area contributed by atoms with Gasteiger partial charge in [0.2, 0.25) is 0 Å². The molecule has 1 fully saturated rings. The van der Waals surface area contributed by atoms with E-state index in [1.807, 2.05) is 48.5 Å². The summed E-state index contributed by atoms with van der Waals surface area (Å²) in [6, 6.07) is 15.4. The van der Waals surface area contributed by atoms with Gasteiger partial charge >= 0.3 is 0 Å². The van der Waals surface area contributed by atoms with E-state index in [2.05, 4.69) is 4.90 Å². The molecular formula is C22H27NO4. The summed E-state index contributed by atoms with van der Waals surface area (Å²) in [7, 11) is 1.63. The second-order valence-corrected chi connectivity index (χ2v) is 7.64. The molecule has 0 aromatic heterocycles. The van der Waals surface area contributed by atoms with Gasteiger partial charge in [-0.05, 0) is 30.5 Å². The minimum Gasteiger partial charge on any atom is -0.497 e. The number of hydrogen-bond acceptors (Lipinski definition) is 5. The van der Waals surface area contributed by atoms with Gasteiger partial charge in [0.15, 0.2) is 0 Å². The van der Waals surface area contributed by atoms with E-state index >= 15 is 0 Å². The largest absolute Gasteiger partial charge is 0.497 e. The smallest absolute Gasteiger partial charge is 0.129 e. The fraction of sp³-hybridized carbons (Fsp3) is 0.455. The van der Waals surface area contributed by atoms with E-state index in [0.29, 0.717) is 13.0 Å². The molecule has 0 saturated carbocycles. The van der Waals surface area contributed by atoms with Crippen molar-refractivity contribution in [1.29, 1.82) is 0 Å². The molecule has 2 aliphatic rings. The van der Waals surface area contributed by atoms with Crippen LogP contribution in [0.1, 0.15) is 42.6 Å². The Morgan fingerprint density at radius 1 is 1.19 bits per heavy atom. The van der Waals surface area contributed by atoms with E-state index in [0.717, 1.165) is 48.6 Å². The molecule has 2 aliphatic heterocycles. The van der Waals surface area contributed by atoms with Crippen LogP contribution in [0.4, 0.5) is 0 Å². The van der Waals surface area contributed by atoms with E-state index in [9.17, 15) is 10.2 Å². The summed E-state index contributed by atoms with van der Waals surface area (Å²) in [6.07, 6.45) is 1.29. The minimum absolute atomic E-state index is 0.340. The summed E-state index contributed by atoms with van der Waals surface area (Å²) in [5, 5.41) is 21.1. The third-order valence-electron chi connectivity index (χ3n) is 5.85. The first-order chi connectivity index (χ1) is 13.1. The number of benzene rings is 2. The quantitative estimate of drug-likeness (QED) is 0.867. The van der Waals surface area contributed by atoms with Crippen LogP contribution in [-0.2, 0) is 0 Å². The monoisotopic (exact) mass is 369 g/mol. The minimum atomic E-state index is -0.513. The Balaban J connectivity index is 1.41. The lowest BCUT2D eigenvalue weighted by Crippen LogP contribution is -2.51. The number of piperidine rings is 1. The number of methoxy groups -OCH3 is 1. The molecule has 144 valence electrons. The standard InChI is InChI=1S/C22H27NO4/c1-26-17-7-8-18-19(24)14-22(27-21(18)13-17)9-11-23(12-10-22)15-20(25)16-5-3-2-4-6-16/h2-8,13,19-20,24-25H,9-12,14-15H2,1H3/t19-,20-/m0/s1. The molecule has 2 aromatic rings. The van der Waals surface area contributed by atoms with Crippen LogP contribution in [0, 0.1) is 0 Å². The summed E-state index contributed by atoms with van der Waals surface area (Å²) >= 11 is 0.